The van der Waals surface area contributed by atoms with Crippen LogP contribution in [-0.4, -0.2) is 57.6 Å². The third-order valence-corrected chi connectivity index (χ3v) is 5.21. The summed E-state index contributed by atoms with van der Waals surface area (Å²) in [6, 6.07) is 9.88. The molecule has 0 saturated carbocycles. The van der Waals surface area contributed by atoms with Crippen LogP contribution in [0.2, 0.25) is 5.15 Å². The molecule has 0 unspecified atom stereocenters. The second kappa shape index (κ2) is 8.13. The molecule has 0 radical (unpaired) electrons. The molecule has 1 fully saturated rings. The van der Waals surface area contributed by atoms with E-state index in [1.165, 1.54) is 0 Å². The van der Waals surface area contributed by atoms with Crippen molar-refractivity contribution in [2.24, 2.45) is 5.92 Å². The number of carbonyl (C=O) groups is 2. The van der Waals surface area contributed by atoms with Crippen LogP contribution in [0.15, 0.2) is 30.3 Å². The third kappa shape index (κ3) is 4.16. The van der Waals surface area contributed by atoms with Gasteiger partial charge in [0.05, 0.1) is 17.8 Å². The number of aryl methyl sites for hydroxylation is 1. The fourth-order valence-electron chi connectivity index (χ4n) is 3.31. The number of carbonyl (C=O) groups excluding carboxylic acids is 2. The van der Waals surface area contributed by atoms with Crippen LogP contribution in [-0.2, 0) is 11.3 Å². The number of piperazine rings is 1. The van der Waals surface area contributed by atoms with Crippen LogP contribution in [0.25, 0.3) is 0 Å². The maximum atomic E-state index is 13.0. The molecule has 0 atom stereocenters. The molecule has 0 aliphatic carbocycles. The van der Waals surface area contributed by atoms with Crippen molar-refractivity contribution in [3.63, 3.8) is 0 Å². The van der Waals surface area contributed by atoms with E-state index in [9.17, 15) is 9.59 Å². The molecule has 2 amide bonds. The van der Waals surface area contributed by atoms with Crippen LogP contribution in [0.5, 0.6) is 0 Å². The second-order valence-electron chi connectivity index (χ2n) is 7.17. The summed E-state index contributed by atoms with van der Waals surface area (Å²) in [4.78, 5) is 28.7. The van der Waals surface area contributed by atoms with E-state index < -0.39 is 0 Å². The zero-order chi connectivity index (χ0) is 19.6. The van der Waals surface area contributed by atoms with Crippen molar-refractivity contribution in [3.8, 4) is 0 Å². The zero-order valence-corrected chi connectivity index (χ0v) is 16.7. The molecule has 1 saturated heterocycles. The number of benzene rings is 1. The summed E-state index contributed by atoms with van der Waals surface area (Å²) in [5.74, 6) is -0.0133. The summed E-state index contributed by atoms with van der Waals surface area (Å²) >= 11 is 6.50. The Balaban J connectivity index is 1.71. The fourth-order valence-corrected chi connectivity index (χ4v) is 3.63. The molecule has 0 N–H and O–H groups in total. The molecular weight excluding hydrogens is 364 g/mol. The molecule has 0 bridgehead atoms. The summed E-state index contributed by atoms with van der Waals surface area (Å²) in [5, 5.41) is 4.82. The number of nitrogens with zero attached hydrogens (tertiary/aromatic N) is 4. The molecule has 1 aromatic heterocycles. The largest absolute Gasteiger partial charge is 0.339 e. The third-order valence-electron chi connectivity index (χ3n) is 4.83. The second-order valence-corrected chi connectivity index (χ2v) is 7.52. The van der Waals surface area contributed by atoms with Crippen molar-refractivity contribution in [3.05, 3.63) is 52.3 Å². The van der Waals surface area contributed by atoms with Crippen LogP contribution in [0.3, 0.4) is 0 Å². The molecule has 0 spiro atoms. The SMILES string of the molecule is Cc1nn(Cc2ccccc2)c(Cl)c1C(=O)N1CCN(C(=O)C(C)C)CC1. The Bertz CT molecular complexity index is 824. The first-order valence-corrected chi connectivity index (χ1v) is 9.61. The Morgan fingerprint density at radius 1 is 1.07 bits per heavy atom. The first kappa shape index (κ1) is 19.4. The lowest BCUT2D eigenvalue weighted by Crippen LogP contribution is -2.51. The van der Waals surface area contributed by atoms with Crippen molar-refractivity contribution in [1.82, 2.24) is 19.6 Å². The number of amides is 2. The molecule has 2 heterocycles. The Labute approximate surface area is 164 Å². The lowest BCUT2D eigenvalue weighted by atomic mass is 10.1. The molecule has 1 aliphatic heterocycles. The molecule has 7 heteroatoms. The lowest BCUT2D eigenvalue weighted by Gasteiger charge is -2.35. The van der Waals surface area contributed by atoms with Gasteiger partial charge in [-0.1, -0.05) is 55.8 Å². The Hall–Kier alpha value is -2.34. The Morgan fingerprint density at radius 3 is 2.26 bits per heavy atom. The topological polar surface area (TPSA) is 58.4 Å². The lowest BCUT2D eigenvalue weighted by molar-refractivity contribution is -0.135. The molecule has 144 valence electrons. The van der Waals surface area contributed by atoms with Crippen LogP contribution in [0, 0.1) is 12.8 Å². The van der Waals surface area contributed by atoms with Gasteiger partial charge in [0, 0.05) is 32.1 Å². The molecular formula is C20H25ClN4O2. The highest BCUT2D eigenvalue weighted by molar-refractivity contribution is 6.33. The van der Waals surface area contributed by atoms with E-state index in [1.54, 1.807) is 16.5 Å². The number of halogens is 1. The van der Waals surface area contributed by atoms with Gasteiger partial charge in [0.2, 0.25) is 5.91 Å². The van der Waals surface area contributed by atoms with Gasteiger partial charge in [-0.2, -0.15) is 5.10 Å². The van der Waals surface area contributed by atoms with E-state index in [4.69, 9.17) is 11.6 Å². The number of hydrogen-bond acceptors (Lipinski definition) is 3. The van der Waals surface area contributed by atoms with Gasteiger partial charge in [0.15, 0.2) is 0 Å². The molecule has 1 aromatic carbocycles. The van der Waals surface area contributed by atoms with Crippen LogP contribution in [0.1, 0.15) is 35.5 Å². The van der Waals surface area contributed by atoms with E-state index in [2.05, 4.69) is 5.10 Å². The minimum Gasteiger partial charge on any atom is -0.339 e. The van der Waals surface area contributed by atoms with Gasteiger partial charge < -0.3 is 9.80 Å². The van der Waals surface area contributed by atoms with Crippen LogP contribution < -0.4 is 0 Å². The average molecular weight is 389 g/mol. The first-order valence-electron chi connectivity index (χ1n) is 9.23. The number of rotatable bonds is 4. The maximum absolute atomic E-state index is 13.0. The van der Waals surface area contributed by atoms with E-state index >= 15 is 0 Å². The summed E-state index contributed by atoms with van der Waals surface area (Å²) in [7, 11) is 0. The van der Waals surface area contributed by atoms with E-state index in [0.29, 0.717) is 49.1 Å². The minimum atomic E-state index is -0.117. The van der Waals surface area contributed by atoms with Crippen molar-refractivity contribution >= 4 is 23.4 Å². The summed E-state index contributed by atoms with van der Waals surface area (Å²) < 4.78 is 1.66. The van der Waals surface area contributed by atoms with Crippen molar-refractivity contribution in [1.29, 1.82) is 0 Å². The average Bonchev–Trinajstić information content (AvgIpc) is 2.94. The van der Waals surface area contributed by atoms with Gasteiger partial charge in [-0.15, -0.1) is 0 Å². The fraction of sp³-hybridized carbons (Fsp3) is 0.450. The molecule has 3 rings (SSSR count). The quantitative estimate of drug-likeness (QED) is 0.809. The van der Waals surface area contributed by atoms with Crippen LogP contribution >= 0.6 is 11.6 Å². The normalized spacial score (nSPS) is 14.7. The van der Waals surface area contributed by atoms with E-state index in [0.717, 1.165) is 5.56 Å². The van der Waals surface area contributed by atoms with Crippen LogP contribution in [0.4, 0.5) is 0 Å². The highest BCUT2D eigenvalue weighted by Crippen LogP contribution is 2.23. The molecule has 2 aromatic rings. The summed E-state index contributed by atoms with van der Waals surface area (Å²) in [6.45, 7) is 8.24. The molecule has 6 nitrogen and oxygen atoms in total. The summed E-state index contributed by atoms with van der Waals surface area (Å²) in [5.41, 5.74) is 2.15. The maximum Gasteiger partial charge on any atom is 0.259 e. The van der Waals surface area contributed by atoms with E-state index in [1.807, 2.05) is 49.1 Å². The van der Waals surface area contributed by atoms with Gasteiger partial charge in [-0.3, -0.25) is 9.59 Å². The van der Waals surface area contributed by atoms with Crippen molar-refractivity contribution in [2.45, 2.75) is 27.3 Å². The van der Waals surface area contributed by atoms with E-state index in [-0.39, 0.29) is 17.7 Å². The monoisotopic (exact) mass is 388 g/mol. The van der Waals surface area contributed by atoms with Gasteiger partial charge in [0.25, 0.3) is 5.91 Å². The summed E-state index contributed by atoms with van der Waals surface area (Å²) in [6.07, 6.45) is 0. The minimum absolute atomic E-state index is 0.0276. The zero-order valence-electron chi connectivity index (χ0n) is 16.0. The predicted octanol–water partition coefficient (Wildman–Crippen LogP) is 2.83. The predicted molar refractivity (Wildman–Crippen MR) is 105 cm³/mol. The van der Waals surface area contributed by atoms with Gasteiger partial charge >= 0.3 is 0 Å². The molecule has 1 aliphatic rings. The Kier molecular flexibility index (Phi) is 5.85. The van der Waals surface area contributed by atoms with Gasteiger partial charge in [0.1, 0.15) is 5.15 Å². The highest BCUT2D eigenvalue weighted by Gasteiger charge is 2.29. The number of aromatic nitrogens is 2. The van der Waals surface area contributed by atoms with Gasteiger partial charge in [-0.25, -0.2) is 4.68 Å². The van der Waals surface area contributed by atoms with Gasteiger partial charge in [-0.05, 0) is 12.5 Å². The standard InChI is InChI=1S/C20H25ClN4O2/c1-14(2)19(26)23-9-11-24(12-10-23)20(27)17-15(3)22-25(18(17)21)13-16-7-5-4-6-8-16/h4-8,14H,9-13H2,1-3H3. The smallest absolute Gasteiger partial charge is 0.259 e. The Morgan fingerprint density at radius 2 is 1.67 bits per heavy atom. The first-order chi connectivity index (χ1) is 12.9. The van der Waals surface area contributed by atoms with Crippen molar-refractivity contribution < 1.29 is 9.59 Å². The van der Waals surface area contributed by atoms with Crippen molar-refractivity contribution in [2.75, 3.05) is 26.2 Å². The molecule has 27 heavy (non-hydrogen) atoms. The number of hydrogen-bond donors (Lipinski definition) is 0. The highest BCUT2D eigenvalue weighted by atomic mass is 35.5.